The Balaban J connectivity index is 1.32. The lowest BCUT2D eigenvalue weighted by Crippen LogP contribution is -2.19. The number of thiophene rings is 1. The van der Waals surface area contributed by atoms with Crippen molar-refractivity contribution in [2.24, 2.45) is 0 Å². The molecule has 1 heterocycles. The Morgan fingerprint density at radius 1 is 0.974 bits per heavy atom. The van der Waals surface area contributed by atoms with E-state index in [2.05, 4.69) is 22.0 Å². The van der Waals surface area contributed by atoms with Crippen molar-refractivity contribution in [3.05, 3.63) is 94.9 Å². The third-order valence-corrected chi connectivity index (χ3v) is 7.62. The number of thioether (sulfide) groups is 1. The van der Waals surface area contributed by atoms with Gasteiger partial charge in [-0.15, -0.1) is 23.1 Å². The molecule has 1 amide bonds. The van der Waals surface area contributed by atoms with Crippen molar-refractivity contribution in [3.63, 3.8) is 0 Å². The highest BCUT2D eigenvalue weighted by Crippen LogP contribution is 2.35. The van der Waals surface area contributed by atoms with Crippen LogP contribution in [0, 0.1) is 18.3 Å². The number of thiocarbonyl (C=S) groups is 1. The van der Waals surface area contributed by atoms with E-state index in [9.17, 15) is 14.9 Å². The van der Waals surface area contributed by atoms with Gasteiger partial charge in [0.15, 0.2) is 10.9 Å². The summed E-state index contributed by atoms with van der Waals surface area (Å²) in [5.74, 6) is 0.0126. The molecule has 0 saturated heterocycles. The molecule has 0 aliphatic carbocycles. The van der Waals surface area contributed by atoms with Crippen LogP contribution in [-0.4, -0.2) is 22.6 Å². The highest BCUT2D eigenvalue weighted by molar-refractivity contribution is 8.00. The molecule has 4 aromatic rings. The summed E-state index contributed by atoms with van der Waals surface area (Å²) in [4.78, 5) is 25.0. The summed E-state index contributed by atoms with van der Waals surface area (Å²) in [5, 5.41) is 21.7. The zero-order valence-electron chi connectivity index (χ0n) is 20.7. The number of nitrogens with zero attached hydrogens (tertiary/aromatic N) is 1. The molecule has 0 radical (unpaired) electrons. The fourth-order valence-electron chi connectivity index (χ4n) is 3.56. The van der Waals surface area contributed by atoms with Gasteiger partial charge in [-0.3, -0.25) is 9.59 Å². The van der Waals surface area contributed by atoms with Crippen LogP contribution in [0.3, 0.4) is 0 Å². The smallest absolute Gasteiger partial charge is 0.235 e. The minimum Gasteiger partial charge on any atom is -0.332 e. The van der Waals surface area contributed by atoms with E-state index < -0.39 is 0 Å². The minimum atomic E-state index is -0.187. The molecule has 38 heavy (non-hydrogen) atoms. The van der Waals surface area contributed by atoms with Crippen LogP contribution >= 0.6 is 35.3 Å². The predicted molar refractivity (Wildman–Crippen MR) is 161 cm³/mol. The molecule has 3 N–H and O–H groups in total. The first-order valence-corrected chi connectivity index (χ1v) is 13.9. The summed E-state index contributed by atoms with van der Waals surface area (Å²) in [6.07, 6.45) is 0. The number of nitrogens with one attached hydrogen (secondary N) is 3. The van der Waals surface area contributed by atoms with Gasteiger partial charge >= 0.3 is 0 Å². The molecule has 0 spiro atoms. The second kappa shape index (κ2) is 12.5. The lowest BCUT2D eigenvalue weighted by Gasteiger charge is -2.12. The van der Waals surface area contributed by atoms with Gasteiger partial charge in [0.05, 0.1) is 11.3 Å². The van der Waals surface area contributed by atoms with Crippen molar-refractivity contribution in [1.29, 1.82) is 5.26 Å². The third kappa shape index (κ3) is 7.07. The Bertz CT molecular complexity index is 1520. The number of aryl methyl sites for hydroxylation is 1. The molecule has 0 saturated carbocycles. The first-order valence-electron chi connectivity index (χ1n) is 11.6. The van der Waals surface area contributed by atoms with Gasteiger partial charge in [-0.05, 0) is 74.1 Å². The van der Waals surface area contributed by atoms with Crippen molar-refractivity contribution in [2.45, 2.75) is 18.7 Å². The maximum absolute atomic E-state index is 12.7. The summed E-state index contributed by atoms with van der Waals surface area (Å²) in [5.41, 5.74) is 5.57. The number of hydrogen-bond acceptors (Lipinski definition) is 6. The van der Waals surface area contributed by atoms with Gasteiger partial charge in [-0.25, -0.2) is 0 Å². The predicted octanol–water partition coefficient (Wildman–Crippen LogP) is 7.34. The second-order valence-corrected chi connectivity index (χ2v) is 10.7. The van der Waals surface area contributed by atoms with Crippen LogP contribution in [0.2, 0.25) is 0 Å². The summed E-state index contributed by atoms with van der Waals surface area (Å²) in [6.45, 7) is 3.54. The second-order valence-electron chi connectivity index (χ2n) is 8.41. The number of Topliss-reactive ketones (excluding diaryl/α,β-unsaturated/α-hetero) is 1. The maximum atomic E-state index is 12.7. The average molecular weight is 557 g/mol. The number of benzene rings is 3. The number of amides is 1. The Morgan fingerprint density at radius 3 is 2.37 bits per heavy atom. The molecule has 9 heteroatoms. The van der Waals surface area contributed by atoms with Gasteiger partial charge in [-0.2, -0.15) is 5.26 Å². The number of hydrogen-bond donors (Lipinski definition) is 3. The lowest BCUT2D eigenvalue weighted by atomic mass is 10.0. The quantitative estimate of drug-likeness (QED) is 0.119. The molecule has 0 fully saturated rings. The first kappa shape index (κ1) is 27.1. The molecule has 3 aromatic carbocycles. The molecule has 0 aliphatic heterocycles. The fraction of sp³-hybridized carbons (Fsp3) is 0.103. The van der Waals surface area contributed by atoms with Crippen molar-refractivity contribution in [3.8, 4) is 17.2 Å². The van der Waals surface area contributed by atoms with Crippen LogP contribution in [0.1, 0.15) is 28.4 Å². The van der Waals surface area contributed by atoms with E-state index >= 15 is 0 Å². The Morgan fingerprint density at radius 2 is 1.68 bits per heavy atom. The van der Waals surface area contributed by atoms with Crippen LogP contribution in [0.15, 0.2) is 83.1 Å². The Kier molecular flexibility index (Phi) is 8.92. The number of rotatable bonds is 8. The molecule has 0 aliphatic rings. The average Bonchev–Trinajstić information content (AvgIpc) is 3.30. The summed E-state index contributed by atoms with van der Waals surface area (Å²) in [7, 11) is 0. The maximum Gasteiger partial charge on any atom is 0.235 e. The molecule has 0 atom stereocenters. The standard InChI is InChI=1S/C29H24N4O2S3/c1-18-6-8-21(9-7-18)26-16-38-28(25(26)15-30)33-27(35)17-37-24-5-3-4-23(14-24)32-29(36)31-22-12-10-20(11-13-22)19(2)34/h3-14,16H,17H2,1-2H3,(H,33,35)(H2,31,32,36). The Labute approximate surface area is 235 Å². The van der Waals surface area contributed by atoms with Gasteiger partial charge in [-0.1, -0.05) is 35.9 Å². The molecule has 6 nitrogen and oxygen atoms in total. The highest BCUT2D eigenvalue weighted by Gasteiger charge is 2.15. The molecule has 190 valence electrons. The van der Waals surface area contributed by atoms with E-state index in [1.165, 1.54) is 30.0 Å². The molecule has 1 aromatic heterocycles. The van der Waals surface area contributed by atoms with E-state index in [0.717, 1.165) is 33.0 Å². The van der Waals surface area contributed by atoms with Crippen molar-refractivity contribution in [2.75, 3.05) is 21.7 Å². The number of anilines is 3. The molecule has 0 bridgehead atoms. The summed E-state index contributed by atoms with van der Waals surface area (Å²) < 4.78 is 0. The van der Waals surface area contributed by atoms with Gasteiger partial charge in [0.25, 0.3) is 0 Å². The normalized spacial score (nSPS) is 10.3. The van der Waals surface area contributed by atoms with Crippen molar-refractivity contribution >= 4 is 68.5 Å². The monoisotopic (exact) mass is 556 g/mol. The van der Waals surface area contributed by atoms with E-state index in [1.807, 2.05) is 60.8 Å². The van der Waals surface area contributed by atoms with Crippen LogP contribution in [-0.2, 0) is 4.79 Å². The minimum absolute atomic E-state index is 0.00754. The van der Waals surface area contributed by atoms with Crippen molar-refractivity contribution in [1.82, 2.24) is 0 Å². The summed E-state index contributed by atoms with van der Waals surface area (Å²) >= 11 is 8.15. The topological polar surface area (TPSA) is 94.0 Å². The van der Waals surface area contributed by atoms with Crippen molar-refractivity contribution < 1.29 is 9.59 Å². The lowest BCUT2D eigenvalue weighted by molar-refractivity contribution is -0.113. The van der Waals surface area contributed by atoms with E-state index in [0.29, 0.717) is 21.2 Å². The largest absolute Gasteiger partial charge is 0.332 e. The number of ketones is 1. The number of nitriles is 1. The molecule has 0 unspecified atom stereocenters. The summed E-state index contributed by atoms with van der Waals surface area (Å²) in [6, 6.07) is 24.9. The number of carbonyl (C=O) groups is 2. The SMILES string of the molecule is CC(=O)c1ccc(NC(=S)Nc2cccc(SCC(=O)Nc3scc(-c4ccc(C)cc4)c3C#N)c2)cc1. The highest BCUT2D eigenvalue weighted by atomic mass is 32.2. The molecular formula is C29H24N4O2S3. The van der Waals surface area contributed by atoms with E-state index in [1.54, 1.807) is 24.3 Å². The van der Waals surface area contributed by atoms with Gasteiger partial charge < -0.3 is 16.0 Å². The third-order valence-electron chi connectivity index (χ3n) is 5.53. The zero-order chi connectivity index (χ0) is 27.1. The Hall–Kier alpha value is -3.97. The molecule has 4 rings (SSSR count). The molecular weight excluding hydrogens is 533 g/mol. The number of carbonyl (C=O) groups excluding carboxylic acids is 2. The van der Waals surface area contributed by atoms with Gasteiger partial charge in [0, 0.05) is 32.8 Å². The van der Waals surface area contributed by atoms with Crippen LogP contribution in [0.5, 0.6) is 0 Å². The van der Waals surface area contributed by atoms with Gasteiger partial charge in [0.2, 0.25) is 5.91 Å². The van der Waals surface area contributed by atoms with Crippen LogP contribution < -0.4 is 16.0 Å². The zero-order valence-corrected chi connectivity index (χ0v) is 23.2. The first-order chi connectivity index (χ1) is 18.3. The van der Waals surface area contributed by atoms with Crippen LogP contribution in [0.4, 0.5) is 16.4 Å². The van der Waals surface area contributed by atoms with E-state index in [-0.39, 0.29) is 17.4 Å². The fourth-order valence-corrected chi connectivity index (χ4v) is 5.49. The van der Waals surface area contributed by atoms with Gasteiger partial charge in [0.1, 0.15) is 11.1 Å². The van der Waals surface area contributed by atoms with E-state index in [4.69, 9.17) is 12.2 Å². The van der Waals surface area contributed by atoms with Crippen LogP contribution in [0.25, 0.3) is 11.1 Å².